The fraction of sp³-hybridized carbons (Fsp3) is 0.667. The molecule has 3 rings (SSSR count). The molecule has 2 fully saturated rings. The number of anilines is 1. The van der Waals surface area contributed by atoms with Gasteiger partial charge in [-0.15, -0.1) is 0 Å². The minimum Gasteiger partial charge on any atom is -0.352 e. The van der Waals surface area contributed by atoms with Gasteiger partial charge in [-0.3, -0.25) is 4.79 Å². The van der Waals surface area contributed by atoms with Gasteiger partial charge < -0.3 is 15.5 Å². The molecule has 2 atom stereocenters. The summed E-state index contributed by atoms with van der Waals surface area (Å²) in [4.78, 5) is 23.0. The van der Waals surface area contributed by atoms with E-state index in [-0.39, 0.29) is 18.0 Å². The zero-order valence-electron chi connectivity index (χ0n) is 12.5. The van der Waals surface area contributed by atoms with Crippen LogP contribution in [0.15, 0.2) is 18.5 Å². The standard InChI is InChI=1S/C15H23N5O/c1-11-3-8-16-13(11)14(21)19-12-4-9-20(10-5-12)15-17-6-2-7-18-15/h2,6-7,11-13,16H,3-5,8-10H2,1H3,(H,19,21). The highest BCUT2D eigenvalue weighted by molar-refractivity contribution is 5.82. The molecule has 3 heterocycles. The summed E-state index contributed by atoms with van der Waals surface area (Å²) in [6.45, 7) is 4.87. The van der Waals surface area contributed by atoms with Gasteiger partial charge in [0.25, 0.3) is 0 Å². The number of hydrogen-bond donors (Lipinski definition) is 2. The van der Waals surface area contributed by atoms with Gasteiger partial charge in [-0.2, -0.15) is 0 Å². The Morgan fingerprint density at radius 2 is 2.00 bits per heavy atom. The Morgan fingerprint density at radius 1 is 1.29 bits per heavy atom. The number of carbonyl (C=O) groups is 1. The van der Waals surface area contributed by atoms with Gasteiger partial charge >= 0.3 is 0 Å². The second-order valence-corrected chi connectivity index (χ2v) is 6.02. The van der Waals surface area contributed by atoms with Crippen LogP contribution in [0.5, 0.6) is 0 Å². The zero-order chi connectivity index (χ0) is 14.7. The highest BCUT2D eigenvalue weighted by atomic mass is 16.2. The van der Waals surface area contributed by atoms with Crippen molar-refractivity contribution in [3.05, 3.63) is 18.5 Å². The molecular weight excluding hydrogens is 266 g/mol. The van der Waals surface area contributed by atoms with Gasteiger partial charge in [0, 0.05) is 31.5 Å². The van der Waals surface area contributed by atoms with Crippen molar-refractivity contribution >= 4 is 11.9 Å². The van der Waals surface area contributed by atoms with Crippen molar-refractivity contribution in [2.24, 2.45) is 5.92 Å². The van der Waals surface area contributed by atoms with Crippen molar-refractivity contribution in [2.45, 2.75) is 38.3 Å². The highest BCUT2D eigenvalue weighted by Crippen LogP contribution is 2.18. The van der Waals surface area contributed by atoms with E-state index < -0.39 is 0 Å². The Labute approximate surface area is 125 Å². The fourth-order valence-corrected chi connectivity index (χ4v) is 3.15. The van der Waals surface area contributed by atoms with Crippen LogP contribution in [0.3, 0.4) is 0 Å². The van der Waals surface area contributed by atoms with E-state index in [9.17, 15) is 4.79 Å². The van der Waals surface area contributed by atoms with Crippen LogP contribution in [0.25, 0.3) is 0 Å². The minimum atomic E-state index is -0.0134. The van der Waals surface area contributed by atoms with Gasteiger partial charge in [-0.1, -0.05) is 6.92 Å². The van der Waals surface area contributed by atoms with Crippen molar-refractivity contribution in [3.8, 4) is 0 Å². The molecule has 2 aliphatic rings. The molecule has 2 unspecified atom stereocenters. The summed E-state index contributed by atoms with van der Waals surface area (Å²) in [6, 6.07) is 2.08. The first-order chi connectivity index (χ1) is 10.2. The van der Waals surface area contributed by atoms with Crippen LogP contribution in [0.2, 0.25) is 0 Å². The maximum absolute atomic E-state index is 12.3. The van der Waals surface area contributed by atoms with E-state index in [1.807, 2.05) is 6.07 Å². The summed E-state index contributed by atoms with van der Waals surface area (Å²) in [5.74, 6) is 1.38. The Hall–Kier alpha value is -1.69. The second kappa shape index (κ2) is 6.39. The normalized spacial score (nSPS) is 26.8. The first-order valence-electron chi connectivity index (χ1n) is 7.80. The SMILES string of the molecule is CC1CCNC1C(=O)NC1CCN(c2ncccn2)CC1. The highest BCUT2D eigenvalue weighted by Gasteiger charge is 2.31. The van der Waals surface area contributed by atoms with Crippen LogP contribution < -0.4 is 15.5 Å². The number of aromatic nitrogens is 2. The molecule has 6 nitrogen and oxygen atoms in total. The van der Waals surface area contributed by atoms with Crippen LogP contribution in [0.1, 0.15) is 26.2 Å². The van der Waals surface area contributed by atoms with Gasteiger partial charge in [0.2, 0.25) is 11.9 Å². The zero-order valence-corrected chi connectivity index (χ0v) is 12.5. The molecule has 114 valence electrons. The van der Waals surface area contributed by atoms with E-state index in [1.54, 1.807) is 12.4 Å². The number of piperidine rings is 1. The molecule has 1 aromatic heterocycles. The maximum atomic E-state index is 12.3. The van der Waals surface area contributed by atoms with Gasteiger partial charge in [0.15, 0.2) is 0 Å². The number of amides is 1. The number of hydrogen-bond acceptors (Lipinski definition) is 5. The van der Waals surface area contributed by atoms with Gasteiger partial charge in [-0.25, -0.2) is 9.97 Å². The Bertz CT molecular complexity index is 472. The lowest BCUT2D eigenvalue weighted by atomic mass is 10.0. The average molecular weight is 289 g/mol. The lowest BCUT2D eigenvalue weighted by Gasteiger charge is -2.33. The van der Waals surface area contributed by atoms with Crippen LogP contribution in [-0.4, -0.2) is 47.6 Å². The predicted molar refractivity (Wildman–Crippen MR) is 81.0 cm³/mol. The van der Waals surface area contributed by atoms with Gasteiger partial charge in [-0.05, 0) is 37.8 Å². The monoisotopic (exact) mass is 289 g/mol. The van der Waals surface area contributed by atoms with Crippen molar-refractivity contribution in [2.75, 3.05) is 24.5 Å². The van der Waals surface area contributed by atoms with E-state index in [0.29, 0.717) is 5.92 Å². The molecule has 1 aromatic rings. The van der Waals surface area contributed by atoms with Crippen LogP contribution in [0.4, 0.5) is 5.95 Å². The molecule has 0 radical (unpaired) electrons. The maximum Gasteiger partial charge on any atom is 0.237 e. The molecule has 1 amide bonds. The third kappa shape index (κ3) is 3.32. The van der Waals surface area contributed by atoms with Gasteiger partial charge in [0.1, 0.15) is 0 Å². The van der Waals surface area contributed by atoms with E-state index in [0.717, 1.165) is 44.8 Å². The lowest BCUT2D eigenvalue weighted by molar-refractivity contribution is -0.124. The quantitative estimate of drug-likeness (QED) is 0.851. The Kier molecular flexibility index (Phi) is 4.34. The van der Waals surface area contributed by atoms with Crippen LogP contribution in [0, 0.1) is 5.92 Å². The average Bonchev–Trinajstić information content (AvgIpc) is 2.95. The third-order valence-corrected chi connectivity index (χ3v) is 4.49. The first-order valence-corrected chi connectivity index (χ1v) is 7.80. The summed E-state index contributed by atoms with van der Waals surface area (Å²) in [6.07, 6.45) is 6.52. The molecule has 0 bridgehead atoms. The molecule has 6 heteroatoms. The first kappa shape index (κ1) is 14.3. The van der Waals surface area contributed by atoms with Crippen molar-refractivity contribution in [1.29, 1.82) is 0 Å². The molecule has 0 aromatic carbocycles. The molecule has 21 heavy (non-hydrogen) atoms. The molecule has 2 N–H and O–H groups in total. The summed E-state index contributed by atoms with van der Waals surface area (Å²) in [7, 11) is 0. The van der Waals surface area contributed by atoms with Crippen molar-refractivity contribution in [1.82, 2.24) is 20.6 Å². The summed E-state index contributed by atoms with van der Waals surface area (Å²) in [5, 5.41) is 6.48. The van der Waals surface area contributed by atoms with E-state index in [1.165, 1.54) is 0 Å². The van der Waals surface area contributed by atoms with Gasteiger partial charge in [0.05, 0.1) is 6.04 Å². The molecule has 0 spiro atoms. The Morgan fingerprint density at radius 3 is 2.62 bits per heavy atom. The number of carbonyl (C=O) groups excluding carboxylic acids is 1. The van der Waals surface area contributed by atoms with E-state index in [4.69, 9.17) is 0 Å². The molecule has 0 saturated carbocycles. The second-order valence-electron chi connectivity index (χ2n) is 6.02. The number of rotatable bonds is 3. The topological polar surface area (TPSA) is 70.2 Å². The number of nitrogens with zero attached hydrogens (tertiary/aromatic N) is 3. The Balaban J connectivity index is 1.49. The smallest absolute Gasteiger partial charge is 0.237 e. The third-order valence-electron chi connectivity index (χ3n) is 4.49. The lowest BCUT2D eigenvalue weighted by Crippen LogP contribution is -2.51. The molecule has 0 aliphatic carbocycles. The minimum absolute atomic E-state index is 0.0134. The number of nitrogens with one attached hydrogen (secondary N) is 2. The molecular formula is C15H23N5O. The van der Waals surface area contributed by atoms with Crippen molar-refractivity contribution < 1.29 is 4.79 Å². The summed E-state index contributed by atoms with van der Waals surface area (Å²) >= 11 is 0. The predicted octanol–water partition coefficient (Wildman–Crippen LogP) is 0.560. The van der Waals surface area contributed by atoms with E-state index >= 15 is 0 Å². The summed E-state index contributed by atoms with van der Waals surface area (Å²) < 4.78 is 0. The van der Waals surface area contributed by atoms with E-state index in [2.05, 4.69) is 32.4 Å². The van der Waals surface area contributed by atoms with Crippen LogP contribution in [-0.2, 0) is 4.79 Å². The summed E-state index contributed by atoms with van der Waals surface area (Å²) in [5.41, 5.74) is 0. The van der Waals surface area contributed by atoms with Crippen molar-refractivity contribution in [3.63, 3.8) is 0 Å². The van der Waals surface area contributed by atoms with Crippen LogP contribution >= 0.6 is 0 Å². The molecule has 2 aliphatic heterocycles. The largest absolute Gasteiger partial charge is 0.352 e. The fourth-order valence-electron chi connectivity index (χ4n) is 3.15. The molecule has 2 saturated heterocycles.